The maximum atomic E-state index is 12.0. The van der Waals surface area contributed by atoms with E-state index >= 15 is 0 Å². The van der Waals surface area contributed by atoms with Crippen molar-refractivity contribution in [1.82, 2.24) is 10.2 Å². The van der Waals surface area contributed by atoms with E-state index in [-0.39, 0.29) is 6.54 Å². The molecule has 24 heavy (non-hydrogen) atoms. The molecular formula is C17H24N2O5. The molecule has 1 saturated heterocycles. The zero-order valence-electron chi connectivity index (χ0n) is 14.1. The molecule has 1 aromatic carbocycles. The van der Waals surface area contributed by atoms with Gasteiger partial charge in [0, 0.05) is 0 Å². The Morgan fingerprint density at radius 3 is 2.46 bits per heavy atom. The molecule has 1 aliphatic rings. The van der Waals surface area contributed by atoms with Crippen molar-refractivity contribution >= 4 is 12.2 Å². The van der Waals surface area contributed by atoms with Crippen LogP contribution in [0.25, 0.3) is 0 Å². The minimum absolute atomic E-state index is 0.0483. The smallest absolute Gasteiger partial charge is 0.408 e. The molecule has 2 amide bonds. The van der Waals surface area contributed by atoms with Gasteiger partial charge in [0.05, 0.1) is 24.7 Å². The van der Waals surface area contributed by atoms with Crippen LogP contribution < -0.4 is 5.32 Å². The van der Waals surface area contributed by atoms with E-state index in [2.05, 4.69) is 5.32 Å². The summed E-state index contributed by atoms with van der Waals surface area (Å²) < 4.78 is 5.22. The number of hydrogen-bond donors (Lipinski definition) is 3. The highest BCUT2D eigenvalue weighted by atomic mass is 16.6. The van der Waals surface area contributed by atoms with Crippen LogP contribution in [0.3, 0.4) is 0 Å². The average Bonchev–Trinajstić information content (AvgIpc) is 2.75. The van der Waals surface area contributed by atoms with Crippen LogP contribution in [0.5, 0.6) is 0 Å². The van der Waals surface area contributed by atoms with Crippen molar-refractivity contribution in [3.05, 3.63) is 35.9 Å². The number of carbonyl (C=O) groups excluding carboxylic acids is 1. The lowest BCUT2D eigenvalue weighted by Crippen LogP contribution is -2.51. The van der Waals surface area contributed by atoms with Crippen LogP contribution in [0.4, 0.5) is 9.59 Å². The van der Waals surface area contributed by atoms with Gasteiger partial charge in [-0.05, 0) is 32.8 Å². The number of rotatable bonds is 3. The molecule has 1 unspecified atom stereocenters. The quantitative estimate of drug-likeness (QED) is 0.782. The van der Waals surface area contributed by atoms with Gasteiger partial charge >= 0.3 is 12.2 Å². The van der Waals surface area contributed by atoms with Crippen LogP contribution in [0.2, 0.25) is 0 Å². The second-order valence-corrected chi connectivity index (χ2v) is 6.93. The number of ether oxygens (including phenoxy) is 1. The van der Waals surface area contributed by atoms with Gasteiger partial charge in [-0.25, -0.2) is 9.59 Å². The number of nitrogens with zero attached hydrogens (tertiary/aromatic N) is 1. The molecule has 0 radical (unpaired) electrons. The number of β-amino-alcohol motifs (C(OH)–C–C–N with tert-alkyl or cyclic N) is 1. The third-order valence-corrected chi connectivity index (χ3v) is 3.83. The molecule has 0 saturated carbocycles. The zero-order valence-corrected chi connectivity index (χ0v) is 14.1. The molecule has 7 heteroatoms. The van der Waals surface area contributed by atoms with Gasteiger partial charge in [0.25, 0.3) is 0 Å². The molecule has 7 nitrogen and oxygen atoms in total. The number of nitrogens with one attached hydrogen (secondary N) is 1. The number of hydrogen-bond acceptors (Lipinski definition) is 4. The summed E-state index contributed by atoms with van der Waals surface area (Å²) in [4.78, 5) is 24.7. The number of carboxylic acid groups (broad SMARTS) is 1. The van der Waals surface area contributed by atoms with Gasteiger partial charge in [-0.15, -0.1) is 0 Å². The number of aliphatic hydroxyl groups excluding tert-OH is 1. The fourth-order valence-corrected chi connectivity index (χ4v) is 2.85. The highest BCUT2D eigenvalue weighted by molar-refractivity contribution is 5.70. The molecule has 0 aliphatic carbocycles. The maximum absolute atomic E-state index is 12.0. The summed E-state index contributed by atoms with van der Waals surface area (Å²) in [6.45, 7) is 5.17. The van der Waals surface area contributed by atoms with E-state index in [4.69, 9.17) is 4.74 Å². The Kier molecular flexibility index (Phi) is 5.33. The number of benzene rings is 1. The van der Waals surface area contributed by atoms with Crippen molar-refractivity contribution in [2.45, 2.75) is 51.0 Å². The van der Waals surface area contributed by atoms with Gasteiger partial charge in [0.15, 0.2) is 0 Å². The zero-order chi connectivity index (χ0) is 17.9. The van der Waals surface area contributed by atoms with Crippen LogP contribution in [0.1, 0.15) is 26.3 Å². The fraction of sp³-hybridized carbons (Fsp3) is 0.529. The lowest BCUT2D eigenvalue weighted by Gasteiger charge is -2.28. The van der Waals surface area contributed by atoms with E-state index in [0.717, 1.165) is 5.56 Å². The molecule has 0 aromatic heterocycles. The number of likely N-dealkylation sites (tertiary alicyclic amines) is 1. The lowest BCUT2D eigenvalue weighted by molar-refractivity contribution is 0.0443. The predicted octanol–water partition coefficient (Wildman–Crippen LogP) is 1.85. The van der Waals surface area contributed by atoms with Crippen molar-refractivity contribution in [3.8, 4) is 0 Å². The Bertz CT molecular complexity index is 584. The second kappa shape index (κ2) is 7.09. The SMILES string of the molecule is CC(C)(C)OC(=O)N[C@H]1C(Cc2ccccc2)N(C(=O)O)C[C@H]1O. The van der Waals surface area contributed by atoms with E-state index < -0.39 is 36.0 Å². The van der Waals surface area contributed by atoms with E-state index in [0.29, 0.717) is 6.42 Å². The molecule has 3 atom stereocenters. The molecule has 1 aliphatic heterocycles. The molecule has 3 N–H and O–H groups in total. The number of alkyl carbamates (subject to hydrolysis) is 1. The van der Waals surface area contributed by atoms with E-state index in [1.807, 2.05) is 30.3 Å². The van der Waals surface area contributed by atoms with Gasteiger partial charge < -0.3 is 25.2 Å². The van der Waals surface area contributed by atoms with Crippen molar-refractivity contribution in [1.29, 1.82) is 0 Å². The molecule has 1 heterocycles. The van der Waals surface area contributed by atoms with Crippen LogP contribution in [-0.4, -0.2) is 57.6 Å². The van der Waals surface area contributed by atoms with Crippen LogP contribution in [0.15, 0.2) is 30.3 Å². The summed E-state index contributed by atoms with van der Waals surface area (Å²) in [5.41, 5.74) is 0.258. The van der Waals surface area contributed by atoms with Crippen molar-refractivity contribution < 1.29 is 24.5 Å². The topological polar surface area (TPSA) is 99.1 Å². The molecule has 1 aromatic rings. The second-order valence-electron chi connectivity index (χ2n) is 6.93. The summed E-state index contributed by atoms with van der Waals surface area (Å²) in [6.07, 6.45) is -2.38. The van der Waals surface area contributed by atoms with Crippen molar-refractivity contribution in [2.75, 3.05) is 6.54 Å². The van der Waals surface area contributed by atoms with Crippen LogP contribution in [0, 0.1) is 0 Å². The Labute approximate surface area is 141 Å². The third kappa shape index (κ3) is 4.61. The highest BCUT2D eigenvalue weighted by Gasteiger charge is 2.44. The number of amides is 2. The van der Waals surface area contributed by atoms with Crippen LogP contribution in [-0.2, 0) is 11.2 Å². The lowest BCUT2D eigenvalue weighted by atomic mass is 9.99. The summed E-state index contributed by atoms with van der Waals surface area (Å²) in [7, 11) is 0. The predicted molar refractivity (Wildman–Crippen MR) is 87.8 cm³/mol. The van der Waals surface area contributed by atoms with E-state index in [1.165, 1.54) is 4.90 Å². The molecule has 2 rings (SSSR count). The first-order chi connectivity index (χ1) is 11.2. The number of aliphatic hydroxyl groups is 1. The Morgan fingerprint density at radius 2 is 1.92 bits per heavy atom. The molecule has 0 spiro atoms. The first-order valence-corrected chi connectivity index (χ1v) is 7.88. The first-order valence-electron chi connectivity index (χ1n) is 7.88. The standard InChI is InChI=1S/C17H24N2O5/c1-17(2,3)24-15(21)18-14-12(9-11-7-5-4-6-8-11)19(16(22)23)10-13(14)20/h4-8,12-14,20H,9-10H2,1-3H3,(H,18,21)(H,22,23)/t12?,13-,14+/m1/s1. The average molecular weight is 336 g/mol. The third-order valence-electron chi connectivity index (χ3n) is 3.83. The van der Waals surface area contributed by atoms with Crippen molar-refractivity contribution in [3.63, 3.8) is 0 Å². The molecule has 1 fully saturated rings. The summed E-state index contributed by atoms with van der Waals surface area (Å²) in [5.74, 6) is 0. The van der Waals surface area contributed by atoms with Gasteiger partial charge in [-0.3, -0.25) is 0 Å². The highest BCUT2D eigenvalue weighted by Crippen LogP contribution is 2.23. The summed E-state index contributed by atoms with van der Waals surface area (Å²) in [5, 5.41) is 22.2. The summed E-state index contributed by atoms with van der Waals surface area (Å²) in [6, 6.07) is 8.08. The Hall–Kier alpha value is -2.28. The van der Waals surface area contributed by atoms with Gasteiger partial charge in [0.2, 0.25) is 0 Å². The largest absolute Gasteiger partial charge is 0.465 e. The van der Waals surface area contributed by atoms with Gasteiger partial charge in [0.1, 0.15) is 5.60 Å². The maximum Gasteiger partial charge on any atom is 0.408 e. The fourth-order valence-electron chi connectivity index (χ4n) is 2.85. The van der Waals surface area contributed by atoms with E-state index in [9.17, 15) is 19.8 Å². The number of carbonyl (C=O) groups is 2. The normalized spacial score (nSPS) is 23.8. The minimum atomic E-state index is -1.12. The Morgan fingerprint density at radius 1 is 1.29 bits per heavy atom. The Balaban J connectivity index is 2.16. The molecule has 132 valence electrons. The van der Waals surface area contributed by atoms with Crippen LogP contribution >= 0.6 is 0 Å². The minimum Gasteiger partial charge on any atom is -0.465 e. The van der Waals surface area contributed by atoms with E-state index in [1.54, 1.807) is 20.8 Å². The molecule has 0 bridgehead atoms. The first kappa shape index (κ1) is 18.1. The summed E-state index contributed by atoms with van der Waals surface area (Å²) >= 11 is 0. The molecular weight excluding hydrogens is 312 g/mol. The van der Waals surface area contributed by atoms with Gasteiger partial charge in [-0.2, -0.15) is 0 Å². The van der Waals surface area contributed by atoms with Gasteiger partial charge in [-0.1, -0.05) is 30.3 Å². The van der Waals surface area contributed by atoms with Crippen molar-refractivity contribution in [2.24, 2.45) is 0 Å². The monoisotopic (exact) mass is 336 g/mol.